The molecule has 0 saturated heterocycles. The molecule has 114 valence electrons. The van der Waals surface area contributed by atoms with Gasteiger partial charge in [-0.2, -0.15) is 0 Å². The van der Waals surface area contributed by atoms with Crippen LogP contribution in [-0.2, 0) is 4.74 Å². The summed E-state index contributed by atoms with van der Waals surface area (Å²) in [6.45, 7) is 12.3. The Balaban J connectivity index is 2.89. The van der Waals surface area contributed by atoms with Crippen molar-refractivity contribution in [3.63, 3.8) is 0 Å². The Morgan fingerprint density at radius 1 is 1.05 bits per heavy atom. The lowest BCUT2D eigenvalue weighted by Crippen LogP contribution is -2.56. The Morgan fingerprint density at radius 2 is 1.58 bits per heavy atom. The fourth-order valence-electron chi connectivity index (χ4n) is 4.48. The largest absolute Gasteiger partial charge is 0.374 e. The summed E-state index contributed by atoms with van der Waals surface area (Å²) in [5, 5.41) is 3.62. The molecule has 0 aromatic rings. The minimum absolute atomic E-state index is 0.0188. The van der Waals surface area contributed by atoms with Crippen molar-refractivity contribution in [2.24, 2.45) is 17.8 Å². The summed E-state index contributed by atoms with van der Waals surface area (Å²) in [5.41, 5.74) is 0.0188. The van der Waals surface area contributed by atoms with Crippen LogP contribution in [-0.4, -0.2) is 25.3 Å². The van der Waals surface area contributed by atoms with Crippen molar-refractivity contribution >= 4 is 0 Å². The van der Waals surface area contributed by atoms with Crippen LogP contribution in [0.15, 0.2) is 0 Å². The highest BCUT2D eigenvalue weighted by molar-refractivity contribution is 4.97. The smallest absolute Gasteiger partial charge is 0.0831 e. The first-order valence-corrected chi connectivity index (χ1v) is 8.34. The molecule has 0 radical (unpaired) electrons. The van der Waals surface area contributed by atoms with Gasteiger partial charge in [-0.25, -0.2) is 0 Å². The zero-order valence-electron chi connectivity index (χ0n) is 14.0. The number of likely N-dealkylation sites (N-methyl/N-ethyl adjacent to an activating group) is 1. The first-order chi connectivity index (χ1) is 9.02. The van der Waals surface area contributed by atoms with E-state index in [-0.39, 0.29) is 5.60 Å². The highest BCUT2D eigenvalue weighted by atomic mass is 16.5. The van der Waals surface area contributed by atoms with E-state index >= 15 is 0 Å². The number of hydrogen-bond acceptors (Lipinski definition) is 2. The highest BCUT2D eigenvalue weighted by Crippen LogP contribution is 2.40. The monoisotopic (exact) mass is 269 g/mol. The highest BCUT2D eigenvalue weighted by Gasteiger charge is 2.42. The van der Waals surface area contributed by atoms with Crippen LogP contribution in [0.25, 0.3) is 0 Å². The second kappa shape index (κ2) is 7.64. The van der Waals surface area contributed by atoms with Gasteiger partial charge in [0.1, 0.15) is 0 Å². The quantitative estimate of drug-likeness (QED) is 0.746. The van der Waals surface area contributed by atoms with E-state index in [2.05, 4.69) is 47.0 Å². The molecule has 1 N–H and O–H groups in total. The third kappa shape index (κ3) is 3.95. The predicted octanol–water partition coefficient (Wildman–Crippen LogP) is 4.24. The second-order valence-corrected chi connectivity index (χ2v) is 6.65. The third-order valence-electron chi connectivity index (χ3n) is 5.19. The van der Waals surface area contributed by atoms with E-state index in [0.717, 1.165) is 37.2 Å². The molecule has 0 amide bonds. The molecule has 1 aliphatic rings. The Labute approximate surface area is 120 Å². The molecule has 0 bridgehead atoms. The van der Waals surface area contributed by atoms with Gasteiger partial charge < -0.3 is 10.1 Å². The number of ether oxygens (including phenoxy) is 1. The molecule has 1 rings (SSSR count). The fourth-order valence-corrected chi connectivity index (χ4v) is 4.48. The van der Waals surface area contributed by atoms with Gasteiger partial charge in [0, 0.05) is 12.6 Å². The molecule has 19 heavy (non-hydrogen) atoms. The van der Waals surface area contributed by atoms with Crippen LogP contribution in [0.3, 0.4) is 0 Å². The maximum Gasteiger partial charge on any atom is 0.0831 e. The summed E-state index contributed by atoms with van der Waals surface area (Å²) < 4.78 is 6.24. The van der Waals surface area contributed by atoms with Gasteiger partial charge in [0.05, 0.1) is 5.60 Å². The molecule has 2 heteroatoms. The van der Waals surface area contributed by atoms with Gasteiger partial charge in [-0.1, -0.05) is 27.7 Å². The Kier molecular flexibility index (Phi) is 6.82. The molecule has 0 aliphatic heterocycles. The van der Waals surface area contributed by atoms with E-state index < -0.39 is 0 Å². The average molecular weight is 269 g/mol. The Morgan fingerprint density at radius 3 is 1.95 bits per heavy atom. The van der Waals surface area contributed by atoms with E-state index in [4.69, 9.17) is 4.74 Å². The fraction of sp³-hybridized carbons (Fsp3) is 1.00. The number of hydrogen-bond donors (Lipinski definition) is 1. The van der Waals surface area contributed by atoms with E-state index in [9.17, 15) is 0 Å². The molecule has 3 atom stereocenters. The normalized spacial score (nSPS) is 30.3. The molecule has 0 spiro atoms. The molecule has 1 saturated carbocycles. The summed E-state index contributed by atoms with van der Waals surface area (Å²) in [5.74, 6) is 2.48. The van der Waals surface area contributed by atoms with Crippen molar-refractivity contribution in [1.82, 2.24) is 5.32 Å². The average Bonchev–Trinajstić information content (AvgIpc) is 2.37. The molecule has 1 fully saturated rings. The minimum Gasteiger partial charge on any atom is -0.374 e. The van der Waals surface area contributed by atoms with Crippen molar-refractivity contribution < 1.29 is 4.74 Å². The zero-order chi connectivity index (χ0) is 14.5. The molecule has 2 nitrogen and oxygen atoms in total. The molecular weight excluding hydrogens is 234 g/mol. The van der Waals surface area contributed by atoms with Gasteiger partial charge in [-0.3, -0.25) is 0 Å². The van der Waals surface area contributed by atoms with Crippen molar-refractivity contribution in [3.05, 3.63) is 0 Å². The van der Waals surface area contributed by atoms with Crippen LogP contribution in [0, 0.1) is 17.8 Å². The minimum atomic E-state index is 0.0188. The van der Waals surface area contributed by atoms with Crippen LogP contribution in [0.4, 0.5) is 0 Å². The number of nitrogens with one attached hydrogen (secondary N) is 1. The maximum absolute atomic E-state index is 6.24. The number of rotatable bonds is 7. The van der Waals surface area contributed by atoms with E-state index in [1.807, 2.05) is 0 Å². The van der Waals surface area contributed by atoms with Crippen molar-refractivity contribution in [2.45, 2.75) is 78.4 Å². The molecule has 1 aliphatic carbocycles. The predicted molar refractivity (Wildman–Crippen MR) is 83.5 cm³/mol. The van der Waals surface area contributed by atoms with Gasteiger partial charge in [-0.15, -0.1) is 0 Å². The van der Waals surface area contributed by atoms with Gasteiger partial charge in [-0.05, 0) is 63.8 Å². The summed E-state index contributed by atoms with van der Waals surface area (Å²) >= 11 is 0. The van der Waals surface area contributed by atoms with E-state index in [1.54, 1.807) is 0 Å². The standard InChI is InChI=1S/C17H35NO/c1-7-17(8-2,19-9-3)16(18-6)15-11-13(4)10-14(5)12-15/h13-16,18H,7-12H2,1-6H3. The Hall–Kier alpha value is -0.0800. The van der Waals surface area contributed by atoms with Gasteiger partial charge in [0.2, 0.25) is 0 Å². The first-order valence-electron chi connectivity index (χ1n) is 8.34. The van der Waals surface area contributed by atoms with Crippen molar-refractivity contribution in [3.8, 4) is 0 Å². The van der Waals surface area contributed by atoms with E-state index in [0.29, 0.717) is 6.04 Å². The SMILES string of the molecule is CCOC(CC)(CC)C(NC)C1CC(C)CC(C)C1. The topological polar surface area (TPSA) is 21.3 Å². The maximum atomic E-state index is 6.24. The van der Waals surface area contributed by atoms with Gasteiger partial charge >= 0.3 is 0 Å². The molecule has 0 heterocycles. The molecule has 0 aromatic carbocycles. The Bertz CT molecular complexity index is 240. The molecule has 0 aromatic heterocycles. The summed E-state index contributed by atoms with van der Waals surface area (Å²) in [4.78, 5) is 0. The third-order valence-corrected chi connectivity index (χ3v) is 5.19. The summed E-state index contributed by atoms with van der Waals surface area (Å²) in [6, 6.07) is 0.493. The van der Waals surface area contributed by atoms with Gasteiger partial charge in [0.15, 0.2) is 0 Å². The summed E-state index contributed by atoms with van der Waals surface area (Å²) in [6.07, 6.45) is 6.30. The van der Waals surface area contributed by atoms with Crippen LogP contribution >= 0.6 is 0 Å². The second-order valence-electron chi connectivity index (χ2n) is 6.65. The van der Waals surface area contributed by atoms with Crippen LogP contribution in [0.2, 0.25) is 0 Å². The van der Waals surface area contributed by atoms with E-state index in [1.165, 1.54) is 19.3 Å². The van der Waals surface area contributed by atoms with Crippen molar-refractivity contribution in [2.75, 3.05) is 13.7 Å². The molecule has 3 unspecified atom stereocenters. The lowest BCUT2D eigenvalue weighted by atomic mass is 9.69. The summed E-state index contributed by atoms with van der Waals surface area (Å²) in [7, 11) is 2.12. The van der Waals surface area contributed by atoms with Gasteiger partial charge in [0.25, 0.3) is 0 Å². The van der Waals surface area contributed by atoms with Crippen LogP contribution in [0.5, 0.6) is 0 Å². The lowest BCUT2D eigenvalue weighted by Gasteiger charge is -2.46. The molecular formula is C17H35NO. The van der Waals surface area contributed by atoms with Crippen molar-refractivity contribution in [1.29, 1.82) is 0 Å². The van der Waals surface area contributed by atoms with Crippen LogP contribution < -0.4 is 5.32 Å². The lowest BCUT2D eigenvalue weighted by molar-refractivity contribution is -0.0908. The van der Waals surface area contributed by atoms with Crippen LogP contribution in [0.1, 0.15) is 66.7 Å². The first kappa shape index (κ1) is 17.0. The zero-order valence-corrected chi connectivity index (χ0v) is 14.0.